The van der Waals surface area contributed by atoms with Gasteiger partial charge in [-0.2, -0.15) is 0 Å². The first-order valence-electron chi connectivity index (χ1n) is 9.59. The number of amides is 2. The molecule has 1 fully saturated rings. The van der Waals surface area contributed by atoms with Crippen LogP contribution in [0.1, 0.15) is 19.4 Å². The van der Waals surface area contributed by atoms with Crippen molar-refractivity contribution in [2.75, 3.05) is 26.7 Å². The van der Waals surface area contributed by atoms with Gasteiger partial charge in [0.05, 0.1) is 13.2 Å². The zero-order valence-corrected chi connectivity index (χ0v) is 16.6. The van der Waals surface area contributed by atoms with Gasteiger partial charge in [0.25, 0.3) is 5.91 Å². The zero-order valence-electron chi connectivity index (χ0n) is 16.6. The van der Waals surface area contributed by atoms with Gasteiger partial charge in [-0.05, 0) is 28.8 Å². The Bertz CT molecular complexity index is 838. The lowest BCUT2D eigenvalue weighted by atomic mass is 9.89. The summed E-state index contributed by atoms with van der Waals surface area (Å²) in [7, 11) is 1.60. The summed E-state index contributed by atoms with van der Waals surface area (Å²) in [6.45, 7) is 4.85. The number of nitrogens with zero attached hydrogens (tertiary/aromatic N) is 2. The van der Waals surface area contributed by atoms with Gasteiger partial charge in [-0.15, -0.1) is 0 Å². The number of likely N-dealkylation sites (N-methyl/N-ethyl adjacent to an activating group) is 1. The lowest BCUT2D eigenvalue weighted by molar-refractivity contribution is -0.167. The van der Waals surface area contributed by atoms with Crippen LogP contribution >= 0.6 is 0 Å². The molecule has 0 radical (unpaired) electrons. The van der Waals surface area contributed by atoms with E-state index in [1.807, 2.05) is 44.2 Å². The van der Waals surface area contributed by atoms with Crippen molar-refractivity contribution in [3.05, 3.63) is 54.4 Å². The number of hydrogen-bond donors (Lipinski definition) is 1. The van der Waals surface area contributed by atoms with E-state index in [9.17, 15) is 9.59 Å². The van der Waals surface area contributed by atoms with Gasteiger partial charge in [0.15, 0.2) is 5.60 Å². The molecule has 148 valence electrons. The predicted molar refractivity (Wildman–Crippen MR) is 108 cm³/mol. The summed E-state index contributed by atoms with van der Waals surface area (Å²) in [5, 5.41) is 2.72. The standard InChI is InChI=1S/C22H27N3O3/c1-16(2)20(26)25-11-12-28-22(15-25,21(27)23-3)14-17-5-4-6-19(13-17)18-7-9-24-10-8-18/h4-10,13,16H,11-12,14-15H2,1-3H3,(H,23,27)/t22-/m0/s1. The van der Waals surface area contributed by atoms with E-state index >= 15 is 0 Å². The molecule has 0 unspecified atom stereocenters. The van der Waals surface area contributed by atoms with Crippen molar-refractivity contribution in [2.24, 2.45) is 5.92 Å². The summed E-state index contributed by atoms with van der Waals surface area (Å²) in [6, 6.07) is 12.0. The van der Waals surface area contributed by atoms with Crippen LogP contribution in [0.3, 0.4) is 0 Å². The van der Waals surface area contributed by atoms with Crippen LogP contribution in [0.15, 0.2) is 48.8 Å². The van der Waals surface area contributed by atoms with E-state index in [0.29, 0.717) is 19.6 Å². The molecule has 0 saturated carbocycles. The zero-order chi connectivity index (χ0) is 20.1. The van der Waals surface area contributed by atoms with E-state index in [1.54, 1.807) is 24.3 Å². The van der Waals surface area contributed by atoms with E-state index < -0.39 is 5.60 Å². The minimum Gasteiger partial charge on any atom is -0.361 e. The number of carbonyl (C=O) groups is 2. The van der Waals surface area contributed by atoms with E-state index in [0.717, 1.165) is 16.7 Å². The van der Waals surface area contributed by atoms with Gasteiger partial charge in [0.1, 0.15) is 0 Å². The first-order valence-corrected chi connectivity index (χ1v) is 9.59. The molecule has 1 aromatic heterocycles. The number of benzene rings is 1. The van der Waals surface area contributed by atoms with Crippen LogP contribution in [0.5, 0.6) is 0 Å². The maximum Gasteiger partial charge on any atom is 0.254 e. The summed E-state index contributed by atoms with van der Waals surface area (Å²) in [6.07, 6.45) is 3.91. The van der Waals surface area contributed by atoms with E-state index in [1.165, 1.54) is 0 Å². The molecule has 1 aromatic carbocycles. The summed E-state index contributed by atoms with van der Waals surface area (Å²) >= 11 is 0. The Morgan fingerprint density at radius 2 is 1.96 bits per heavy atom. The maximum atomic E-state index is 12.8. The maximum absolute atomic E-state index is 12.8. The SMILES string of the molecule is CNC(=O)[C@]1(Cc2cccc(-c3ccncc3)c2)CN(C(=O)C(C)C)CCO1. The van der Waals surface area contributed by atoms with Crippen LogP contribution in [0, 0.1) is 5.92 Å². The summed E-state index contributed by atoms with van der Waals surface area (Å²) in [4.78, 5) is 31.1. The Labute approximate surface area is 165 Å². The molecule has 2 amide bonds. The second-order valence-electron chi connectivity index (χ2n) is 7.45. The topological polar surface area (TPSA) is 71.5 Å². The normalized spacial score (nSPS) is 19.5. The van der Waals surface area contributed by atoms with Crippen molar-refractivity contribution >= 4 is 11.8 Å². The number of ether oxygens (including phenoxy) is 1. The number of aromatic nitrogens is 1. The molecule has 0 spiro atoms. The molecule has 2 heterocycles. The fraction of sp³-hybridized carbons (Fsp3) is 0.409. The highest BCUT2D eigenvalue weighted by Gasteiger charge is 2.44. The number of hydrogen-bond acceptors (Lipinski definition) is 4. The van der Waals surface area contributed by atoms with Gasteiger partial charge in [0, 0.05) is 38.3 Å². The number of carbonyl (C=O) groups excluding carboxylic acids is 2. The van der Waals surface area contributed by atoms with Crippen LogP contribution < -0.4 is 5.32 Å². The first kappa shape index (κ1) is 20.0. The first-order chi connectivity index (χ1) is 13.4. The monoisotopic (exact) mass is 381 g/mol. The van der Waals surface area contributed by atoms with E-state index in [-0.39, 0.29) is 24.3 Å². The molecule has 2 aromatic rings. The third-order valence-corrected chi connectivity index (χ3v) is 5.06. The van der Waals surface area contributed by atoms with Gasteiger partial charge in [-0.3, -0.25) is 14.6 Å². The minimum absolute atomic E-state index is 0.0436. The number of nitrogens with one attached hydrogen (secondary N) is 1. The van der Waals surface area contributed by atoms with Crippen LogP contribution in [0.25, 0.3) is 11.1 Å². The molecule has 1 N–H and O–H groups in total. The third-order valence-electron chi connectivity index (χ3n) is 5.06. The Morgan fingerprint density at radius 3 is 2.64 bits per heavy atom. The van der Waals surface area contributed by atoms with Crippen molar-refractivity contribution in [2.45, 2.75) is 25.9 Å². The molecule has 0 bridgehead atoms. The Kier molecular flexibility index (Phi) is 6.09. The summed E-state index contributed by atoms with van der Waals surface area (Å²) < 4.78 is 6.01. The molecule has 1 atom stereocenters. The highest BCUT2D eigenvalue weighted by molar-refractivity contribution is 5.87. The van der Waals surface area contributed by atoms with E-state index in [4.69, 9.17) is 4.74 Å². The Morgan fingerprint density at radius 1 is 1.21 bits per heavy atom. The highest BCUT2D eigenvalue weighted by atomic mass is 16.5. The minimum atomic E-state index is -1.09. The largest absolute Gasteiger partial charge is 0.361 e. The van der Waals surface area contributed by atoms with Gasteiger partial charge < -0.3 is 15.0 Å². The second-order valence-corrected chi connectivity index (χ2v) is 7.45. The van der Waals surface area contributed by atoms with Gasteiger partial charge >= 0.3 is 0 Å². The predicted octanol–water partition coefficient (Wildman–Crippen LogP) is 2.29. The quantitative estimate of drug-likeness (QED) is 0.863. The molecule has 6 nitrogen and oxygen atoms in total. The van der Waals surface area contributed by atoms with Gasteiger partial charge in [-0.1, -0.05) is 38.1 Å². The molecule has 1 aliphatic heterocycles. The average molecular weight is 381 g/mol. The van der Waals surface area contributed by atoms with Gasteiger partial charge in [-0.25, -0.2) is 0 Å². The second kappa shape index (κ2) is 8.52. The Balaban J connectivity index is 1.89. The smallest absolute Gasteiger partial charge is 0.254 e. The lowest BCUT2D eigenvalue weighted by Crippen LogP contribution is -2.62. The molecule has 1 saturated heterocycles. The van der Waals surface area contributed by atoms with Crippen LogP contribution in [0.2, 0.25) is 0 Å². The summed E-state index contributed by atoms with van der Waals surface area (Å²) in [5.74, 6) is -0.277. The molecule has 3 rings (SSSR count). The number of rotatable bonds is 5. The molecular formula is C22H27N3O3. The van der Waals surface area contributed by atoms with Crippen molar-refractivity contribution in [1.82, 2.24) is 15.2 Å². The van der Waals surface area contributed by atoms with Crippen LogP contribution in [-0.2, 0) is 20.7 Å². The fourth-order valence-electron chi connectivity index (χ4n) is 3.62. The highest BCUT2D eigenvalue weighted by Crippen LogP contribution is 2.27. The van der Waals surface area contributed by atoms with Crippen molar-refractivity contribution in [3.63, 3.8) is 0 Å². The van der Waals surface area contributed by atoms with Gasteiger partial charge in [0.2, 0.25) is 5.91 Å². The number of pyridine rings is 1. The van der Waals surface area contributed by atoms with Crippen molar-refractivity contribution in [1.29, 1.82) is 0 Å². The number of morpholine rings is 1. The molecule has 0 aliphatic carbocycles. The average Bonchev–Trinajstić information content (AvgIpc) is 2.73. The lowest BCUT2D eigenvalue weighted by Gasteiger charge is -2.42. The fourth-order valence-corrected chi connectivity index (χ4v) is 3.62. The van der Waals surface area contributed by atoms with Crippen molar-refractivity contribution in [3.8, 4) is 11.1 Å². The third kappa shape index (κ3) is 4.22. The Hall–Kier alpha value is -2.73. The van der Waals surface area contributed by atoms with Crippen LogP contribution in [-0.4, -0.2) is 54.0 Å². The molecular weight excluding hydrogens is 354 g/mol. The summed E-state index contributed by atoms with van der Waals surface area (Å²) in [5.41, 5.74) is 2.01. The molecule has 28 heavy (non-hydrogen) atoms. The molecule has 6 heteroatoms. The molecule has 1 aliphatic rings. The van der Waals surface area contributed by atoms with Crippen molar-refractivity contribution < 1.29 is 14.3 Å². The van der Waals surface area contributed by atoms with Crippen LogP contribution in [0.4, 0.5) is 0 Å². The van der Waals surface area contributed by atoms with E-state index in [2.05, 4.69) is 16.4 Å².